The zero-order chi connectivity index (χ0) is 9.90. The Balaban J connectivity index is 2.33. The van der Waals surface area contributed by atoms with Crippen molar-refractivity contribution in [3.8, 4) is 0 Å². The van der Waals surface area contributed by atoms with Gasteiger partial charge >= 0.3 is 0 Å². The molecule has 0 atom stereocenters. The van der Waals surface area contributed by atoms with E-state index in [9.17, 15) is 13.6 Å². The molecular weight excluding hydrogens is 178 g/mol. The van der Waals surface area contributed by atoms with Crippen molar-refractivity contribution in [1.29, 1.82) is 0 Å². The highest BCUT2D eigenvalue weighted by Crippen LogP contribution is 2.27. The van der Waals surface area contributed by atoms with Crippen molar-refractivity contribution >= 4 is 5.91 Å². The van der Waals surface area contributed by atoms with Crippen LogP contribution >= 0.6 is 0 Å². The minimum atomic E-state index is -2.68. The van der Waals surface area contributed by atoms with Gasteiger partial charge in [-0.1, -0.05) is 0 Å². The van der Waals surface area contributed by atoms with Crippen LogP contribution in [0.15, 0.2) is 0 Å². The molecule has 0 aliphatic carbocycles. The molecule has 13 heavy (non-hydrogen) atoms. The first-order chi connectivity index (χ1) is 6.05. The van der Waals surface area contributed by atoms with Crippen LogP contribution in [0.5, 0.6) is 0 Å². The van der Waals surface area contributed by atoms with E-state index in [1.54, 1.807) is 0 Å². The summed E-state index contributed by atoms with van der Waals surface area (Å²) >= 11 is 0. The molecule has 3 nitrogen and oxygen atoms in total. The largest absolute Gasteiger partial charge is 0.336 e. The Hall–Kier alpha value is -0.710. The summed E-state index contributed by atoms with van der Waals surface area (Å²) in [6, 6.07) is 0. The molecule has 5 heteroatoms. The third kappa shape index (κ3) is 2.91. The van der Waals surface area contributed by atoms with Gasteiger partial charge in [0.1, 0.15) is 0 Å². The summed E-state index contributed by atoms with van der Waals surface area (Å²) in [4.78, 5) is 12.4. The number of rotatable bonds is 3. The predicted octanol–water partition coefficient (Wildman–Crippen LogP) is 0.593. The second-order valence-corrected chi connectivity index (χ2v) is 3.31. The monoisotopic (exact) mass is 192 g/mol. The number of likely N-dealkylation sites (tertiary alicyclic amines) is 1. The van der Waals surface area contributed by atoms with E-state index < -0.39 is 12.5 Å². The van der Waals surface area contributed by atoms with Gasteiger partial charge in [-0.25, -0.2) is 8.78 Å². The van der Waals surface area contributed by atoms with Crippen molar-refractivity contribution in [3.63, 3.8) is 0 Å². The molecule has 0 spiro atoms. The van der Waals surface area contributed by atoms with Crippen molar-refractivity contribution < 1.29 is 13.6 Å². The van der Waals surface area contributed by atoms with Gasteiger partial charge in [-0.3, -0.25) is 4.79 Å². The number of hydrogen-bond donors (Lipinski definition) is 1. The third-order valence-corrected chi connectivity index (χ3v) is 2.12. The molecule has 0 saturated carbocycles. The van der Waals surface area contributed by atoms with E-state index in [1.165, 1.54) is 4.90 Å². The smallest absolute Gasteiger partial charge is 0.267 e. The van der Waals surface area contributed by atoms with Gasteiger partial charge in [-0.2, -0.15) is 0 Å². The number of amides is 1. The molecule has 1 aliphatic rings. The normalized spacial score (nSPS) is 20.7. The molecule has 1 aliphatic heterocycles. The Morgan fingerprint density at radius 3 is 2.69 bits per heavy atom. The van der Waals surface area contributed by atoms with Crippen LogP contribution in [0.4, 0.5) is 8.78 Å². The Morgan fingerprint density at radius 2 is 2.23 bits per heavy atom. The number of alkyl halides is 2. The maximum absolute atomic E-state index is 12.7. The van der Waals surface area contributed by atoms with Crippen molar-refractivity contribution in [2.45, 2.75) is 25.2 Å². The average Bonchev–Trinajstić information content (AvgIpc) is 2.42. The first-order valence-corrected chi connectivity index (χ1v) is 4.41. The Labute approximate surface area is 75.9 Å². The highest BCUT2D eigenvalue weighted by atomic mass is 19.3. The van der Waals surface area contributed by atoms with Crippen LogP contribution in [0.3, 0.4) is 0 Å². The van der Waals surface area contributed by atoms with Crippen LogP contribution in [-0.4, -0.2) is 36.4 Å². The minimum Gasteiger partial charge on any atom is -0.336 e. The first-order valence-electron chi connectivity index (χ1n) is 4.41. The topological polar surface area (TPSA) is 46.3 Å². The van der Waals surface area contributed by atoms with Gasteiger partial charge in [0.25, 0.3) is 5.92 Å². The number of nitrogens with zero attached hydrogens (tertiary/aromatic N) is 1. The average molecular weight is 192 g/mol. The van der Waals surface area contributed by atoms with Crippen LogP contribution in [0, 0.1) is 0 Å². The van der Waals surface area contributed by atoms with Crippen molar-refractivity contribution in [2.24, 2.45) is 5.73 Å². The maximum atomic E-state index is 12.7. The Bertz CT molecular complexity index is 197. The number of hydrogen-bond acceptors (Lipinski definition) is 2. The summed E-state index contributed by atoms with van der Waals surface area (Å²) < 4.78 is 25.3. The molecule has 1 saturated heterocycles. The van der Waals surface area contributed by atoms with Crippen LogP contribution in [0.25, 0.3) is 0 Å². The van der Waals surface area contributed by atoms with Crippen LogP contribution in [-0.2, 0) is 4.79 Å². The predicted molar refractivity (Wildman–Crippen MR) is 44.4 cm³/mol. The molecule has 0 unspecified atom stereocenters. The quantitative estimate of drug-likeness (QED) is 0.711. The summed E-state index contributed by atoms with van der Waals surface area (Å²) in [5.41, 5.74) is 5.21. The van der Waals surface area contributed by atoms with Gasteiger partial charge in [0, 0.05) is 19.4 Å². The third-order valence-electron chi connectivity index (χ3n) is 2.12. The van der Waals surface area contributed by atoms with E-state index in [-0.39, 0.29) is 25.3 Å². The summed E-state index contributed by atoms with van der Waals surface area (Å²) in [6.45, 7) is 0.183. The van der Waals surface area contributed by atoms with Crippen LogP contribution in [0.1, 0.15) is 19.3 Å². The molecule has 1 heterocycles. The summed E-state index contributed by atoms with van der Waals surface area (Å²) in [5, 5.41) is 0. The summed E-state index contributed by atoms with van der Waals surface area (Å²) in [5.74, 6) is -2.89. The second-order valence-electron chi connectivity index (χ2n) is 3.31. The van der Waals surface area contributed by atoms with E-state index >= 15 is 0 Å². The molecule has 2 N–H and O–H groups in total. The first kappa shape index (κ1) is 10.4. The lowest BCUT2D eigenvalue weighted by Gasteiger charge is -2.15. The molecule has 1 fully saturated rings. The summed E-state index contributed by atoms with van der Waals surface area (Å²) in [6.07, 6.45) is 0.648. The summed E-state index contributed by atoms with van der Waals surface area (Å²) in [7, 11) is 0. The number of nitrogens with two attached hydrogens (primary N) is 1. The molecule has 76 valence electrons. The molecule has 1 amide bonds. The number of halogens is 2. The van der Waals surface area contributed by atoms with Gasteiger partial charge in [0.15, 0.2) is 0 Å². The van der Waals surface area contributed by atoms with Crippen molar-refractivity contribution in [1.82, 2.24) is 4.90 Å². The molecule has 0 bridgehead atoms. The van der Waals surface area contributed by atoms with Gasteiger partial charge in [0.2, 0.25) is 5.91 Å². The molecule has 0 aromatic heterocycles. The lowest BCUT2D eigenvalue weighted by Crippen LogP contribution is -2.31. The Morgan fingerprint density at radius 1 is 1.54 bits per heavy atom. The van der Waals surface area contributed by atoms with E-state index in [2.05, 4.69) is 0 Å². The maximum Gasteiger partial charge on any atom is 0.267 e. The minimum absolute atomic E-state index is 0.177. The van der Waals surface area contributed by atoms with Crippen molar-refractivity contribution in [3.05, 3.63) is 0 Å². The number of carbonyl (C=O) groups is 1. The van der Waals surface area contributed by atoms with Gasteiger partial charge in [-0.05, 0) is 13.0 Å². The SMILES string of the molecule is NCCCC(=O)N1CCC(F)(F)C1. The molecule has 1 rings (SSSR count). The highest BCUT2D eigenvalue weighted by molar-refractivity contribution is 5.76. The van der Waals surface area contributed by atoms with Gasteiger partial charge < -0.3 is 10.6 Å². The van der Waals surface area contributed by atoms with Gasteiger partial charge in [-0.15, -0.1) is 0 Å². The van der Waals surface area contributed by atoms with Crippen molar-refractivity contribution in [2.75, 3.05) is 19.6 Å². The molecule has 0 aromatic carbocycles. The van der Waals surface area contributed by atoms with Gasteiger partial charge in [0.05, 0.1) is 6.54 Å². The lowest BCUT2D eigenvalue weighted by molar-refractivity contribution is -0.131. The zero-order valence-corrected chi connectivity index (χ0v) is 7.43. The fourth-order valence-corrected chi connectivity index (χ4v) is 1.36. The van der Waals surface area contributed by atoms with E-state index in [1.807, 2.05) is 0 Å². The number of carbonyl (C=O) groups excluding carboxylic acids is 1. The standard InChI is InChI=1S/C8H14F2N2O/c9-8(10)3-5-12(6-8)7(13)2-1-4-11/h1-6,11H2. The van der Waals surface area contributed by atoms with Crippen LogP contribution in [0.2, 0.25) is 0 Å². The van der Waals surface area contributed by atoms with E-state index in [0.717, 1.165) is 0 Å². The molecule has 0 radical (unpaired) electrons. The second kappa shape index (κ2) is 4.00. The van der Waals surface area contributed by atoms with E-state index in [0.29, 0.717) is 13.0 Å². The highest BCUT2D eigenvalue weighted by Gasteiger charge is 2.39. The fourth-order valence-electron chi connectivity index (χ4n) is 1.36. The van der Waals surface area contributed by atoms with Crippen LogP contribution < -0.4 is 5.73 Å². The molecule has 0 aromatic rings. The molecular formula is C8H14F2N2O. The lowest BCUT2D eigenvalue weighted by atomic mass is 10.3. The zero-order valence-electron chi connectivity index (χ0n) is 7.43. The fraction of sp³-hybridized carbons (Fsp3) is 0.875. The van der Waals surface area contributed by atoms with E-state index in [4.69, 9.17) is 5.73 Å². The Kier molecular flexibility index (Phi) is 3.19.